The molecule has 2 N–H and O–H groups in total. The Morgan fingerprint density at radius 2 is 2.05 bits per heavy atom. The largest absolute Gasteiger partial charge is 0.411 e. The first kappa shape index (κ1) is 18.5. The van der Waals surface area contributed by atoms with E-state index in [1.807, 2.05) is 0 Å². The van der Waals surface area contributed by atoms with E-state index in [9.17, 15) is 18.0 Å². The number of carbonyl (C=O) groups is 1. The lowest BCUT2D eigenvalue weighted by Gasteiger charge is -2.35. The average molecular weight is 305 g/mol. The number of halogens is 4. The Kier molecular flexibility index (Phi) is 8.36. The van der Waals surface area contributed by atoms with E-state index >= 15 is 0 Å². The smallest absolute Gasteiger partial charge is 0.362 e. The highest BCUT2D eigenvalue weighted by atomic mass is 35.5. The summed E-state index contributed by atoms with van der Waals surface area (Å²) < 4.78 is 40.0. The molecule has 19 heavy (non-hydrogen) atoms. The van der Waals surface area contributed by atoms with Gasteiger partial charge in [0.15, 0.2) is 0 Å². The number of nitrogens with zero attached hydrogens (tertiary/aromatic N) is 1. The number of nitrogens with two attached hydrogens (primary N) is 1. The van der Waals surface area contributed by atoms with Crippen LogP contribution >= 0.6 is 12.4 Å². The van der Waals surface area contributed by atoms with Crippen LogP contribution < -0.4 is 5.73 Å². The highest BCUT2D eigenvalue weighted by Crippen LogP contribution is 2.20. The average Bonchev–Trinajstić information content (AvgIpc) is 2.28. The van der Waals surface area contributed by atoms with Crippen LogP contribution in [0.3, 0.4) is 0 Å². The SMILES string of the molecule is Cl.NCCC1CCCCN1C(=O)COCC(F)(F)F. The van der Waals surface area contributed by atoms with Gasteiger partial charge in [-0.15, -0.1) is 12.4 Å². The Balaban J connectivity index is 0.00000324. The minimum atomic E-state index is -4.39. The van der Waals surface area contributed by atoms with Crippen LogP contribution in [-0.4, -0.2) is 49.3 Å². The zero-order valence-electron chi connectivity index (χ0n) is 10.6. The van der Waals surface area contributed by atoms with Gasteiger partial charge < -0.3 is 15.4 Å². The molecule has 1 fully saturated rings. The first-order valence-electron chi connectivity index (χ1n) is 6.08. The van der Waals surface area contributed by atoms with Crippen LogP contribution in [0, 0.1) is 0 Å². The fraction of sp³-hybridized carbons (Fsp3) is 0.909. The number of ether oxygens (including phenoxy) is 1. The van der Waals surface area contributed by atoms with Crippen LogP contribution in [0.1, 0.15) is 25.7 Å². The number of hydrogen-bond acceptors (Lipinski definition) is 3. The van der Waals surface area contributed by atoms with Crippen molar-refractivity contribution in [1.82, 2.24) is 4.90 Å². The van der Waals surface area contributed by atoms with Crippen molar-refractivity contribution >= 4 is 18.3 Å². The summed E-state index contributed by atoms with van der Waals surface area (Å²) in [5.41, 5.74) is 5.46. The number of alkyl halides is 3. The maximum Gasteiger partial charge on any atom is 0.411 e. The normalized spacial score (nSPS) is 20.0. The van der Waals surface area contributed by atoms with Crippen molar-refractivity contribution in [3.8, 4) is 0 Å². The summed E-state index contributed by atoms with van der Waals surface area (Å²) in [6, 6.07) is 0.0470. The van der Waals surface area contributed by atoms with Gasteiger partial charge >= 0.3 is 6.18 Å². The van der Waals surface area contributed by atoms with Crippen molar-refractivity contribution < 1.29 is 22.7 Å². The van der Waals surface area contributed by atoms with Gasteiger partial charge in [-0.2, -0.15) is 13.2 Å². The van der Waals surface area contributed by atoms with Gasteiger partial charge in [-0.3, -0.25) is 4.79 Å². The van der Waals surface area contributed by atoms with E-state index in [2.05, 4.69) is 4.74 Å². The zero-order valence-corrected chi connectivity index (χ0v) is 11.4. The second-order valence-electron chi connectivity index (χ2n) is 4.42. The molecule has 0 aromatic carbocycles. The predicted molar refractivity (Wildman–Crippen MR) is 67.1 cm³/mol. The highest BCUT2D eigenvalue weighted by Gasteiger charge is 2.30. The highest BCUT2D eigenvalue weighted by molar-refractivity contribution is 5.85. The predicted octanol–water partition coefficient (Wildman–Crippen LogP) is 1.72. The molecular formula is C11H20ClF3N2O2. The second-order valence-corrected chi connectivity index (χ2v) is 4.42. The van der Waals surface area contributed by atoms with Crippen LogP contribution in [0.4, 0.5) is 13.2 Å². The van der Waals surface area contributed by atoms with E-state index in [1.165, 1.54) is 0 Å². The Hall–Kier alpha value is -0.530. The summed E-state index contributed by atoms with van der Waals surface area (Å²) >= 11 is 0. The first-order chi connectivity index (χ1) is 8.44. The summed E-state index contributed by atoms with van der Waals surface area (Å²) in [5.74, 6) is -0.377. The maximum atomic E-state index is 11.9. The van der Waals surface area contributed by atoms with Crippen molar-refractivity contribution in [3.05, 3.63) is 0 Å². The summed E-state index contributed by atoms with van der Waals surface area (Å²) in [6.07, 6.45) is -0.935. The van der Waals surface area contributed by atoms with E-state index in [0.29, 0.717) is 19.5 Å². The minimum absolute atomic E-state index is 0. The maximum absolute atomic E-state index is 11.9. The monoisotopic (exact) mass is 304 g/mol. The van der Waals surface area contributed by atoms with Crippen molar-refractivity contribution in [3.63, 3.8) is 0 Å². The van der Waals surface area contributed by atoms with E-state index in [4.69, 9.17) is 5.73 Å². The van der Waals surface area contributed by atoms with E-state index in [1.54, 1.807) is 4.90 Å². The third kappa shape index (κ3) is 6.98. The molecule has 0 aliphatic carbocycles. The van der Waals surface area contributed by atoms with Crippen LogP contribution in [0.2, 0.25) is 0 Å². The van der Waals surface area contributed by atoms with Gasteiger partial charge in [0.1, 0.15) is 13.2 Å². The molecule has 1 aliphatic rings. The van der Waals surface area contributed by atoms with Crippen molar-refractivity contribution in [2.24, 2.45) is 5.73 Å². The molecule has 0 saturated carbocycles. The molecule has 0 radical (unpaired) electrons. The van der Waals surface area contributed by atoms with Gasteiger partial charge in [0.2, 0.25) is 5.91 Å². The number of carbonyl (C=O) groups excluding carboxylic acids is 1. The van der Waals surface area contributed by atoms with Crippen LogP contribution in [-0.2, 0) is 9.53 Å². The molecule has 1 unspecified atom stereocenters. The molecule has 0 bridgehead atoms. The molecule has 1 saturated heterocycles. The van der Waals surface area contributed by atoms with Crippen molar-refractivity contribution in [1.29, 1.82) is 0 Å². The van der Waals surface area contributed by atoms with E-state index < -0.39 is 19.4 Å². The van der Waals surface area contributed by atoms with Gasteiger partial charge in [0, 0.05) is 12.6 Å². The molecular weight excluding hydrogens is 285 g/mol. The molecule has 1 amide bonds. The third-order valence-corrected chi connectivity index (χ3v) is 2.94. The zero-order chi connectivity index (χ0) is 13.6. The lowest BCUT2D eigenvalue weighted by atomic mass is 9.99. The third-order valence-electron chi connectivity index (χ3n) is 2.94. The lowest BCUT2D eigenvalue weighted by molar-refractivity contribution is -0.178. The van der Waals surface area contributed by atoms with Gasteiger partial charge in [-0.05, 0) is 32.2 Å². The second kappa shape index (κ2) is 8.60. The number of likely N-dealkylation sites (tertiary alicyclic amines) is 1. The van der Waals surface area contributed by atoms with Gasteiger partial charge in [-0.1, -0.05) is 0 Å². The van der Waals surface area contributed by atoms with Crippen molar-refractivity contribution in [2.45, 2.75) is 37.9 Å². The molecule has 0 aromatic heterocycles. The molecule has 0 spiro atoms. The lowest BCUT2D eigenvalue weighted by Crippen LogP contribution is -2.46. The Bertz CT molecular complexity index is 275. The molecule has 1 atom stereocenters. The molecule has 8 heteroatoms. The topological polar surface area (TPSA) is 55.6 Å². The van der Waals surface area contributed by atoms with Crippen molar-refractivity contribution in [2.75, 3.05) is 26.3 Å². The molecule has 114 valence electrons. The number of rotatable bonds is 5. The van der Waals surface area contributed by atoms with Crippen LogP contribution in [0.15, 0.2) is 0 Å². The Morgan fingerprint density at radius 3 is 2.63 bits per heavy atom. The van der Waals surface area contributed by atoms with Crippen LogP contribution in [0.25, 0.3) is 0 Å². The summed E-state index contributed by atoms with van der Waals surface area (Å²) in [4.78, 5) is 13.4. The summed E-state index contributed by atoms with van der Waals surface area (Å²) in [5, 5.41) is 0. The van der Waals surface area contributed by atoms with Gasteiger partial charge in [0.05, 0.1) is 0 Å². The Morgan fingerprint density at radius 1 is 1.37 bits per heavy atom. The van der Waals surface area contributed by atoms with Gasteiger partial charge in [0.25, 0.3) is 0 Å². The molecule has 1 aliphatic heterocycles. The summed E-state index contributed by atoms with van der Waals surface area (Å²) in [7, 11) is 0. The quantitative estimate of drug-likeness (QED) is 0.841. The van der Waals surface area contributed by atoms with Gasteiger partial charge in [-0.25, -0.2) is 0 Å². The van der Waals surface area contributed by atoms with E-state index in [0.717, 1.165) is 19.3 Å². The minimum Gasteiger partial charge on any atom is -0.362 e. The Labute approximate surface area is 116 Å². The molecule has 4 nitrogen and oxygen atoms in total. The fourth-order valence-corrected chi connectivity index (χ4v) is 2.16. The van der Waals surface area contributed by atoms with E-state index in [-0.39, 0.29) is 24.4 Å². The number of hydrogen-bond donors (Lipinski definition) is 1. The van der Waals surface area contributed by atoms with Crippen LogP contribution in [0.5, 0.6) is 0 Å². The fourth-order valence-electron chi connectivity index (χ4n) is 2.16. The number of amides is 1. The standard InChI is InChI=1S/C11H19F3N2O2.ClH/c12-11(13,14)8-18-7-10(17)16-6-2-1-3-9(16)4-5-15;/h9H,1-8,15H2;1H. The molecule has 1 heterocycles. The summed E-state index contributed by atoms with van der Waals surface area (Å²) in [6.45, 7) is -0.842. The molecule has 1 rings (SSSR count). The number of piperidine rings is 1. The molecule has 0 aromatic rings. The first-order valence-corrected chi connectivity index (χ1v) is 6.08.